The van der Waals surface area contributed by atoms with Gasteiger partial charge in [0.1, 0.15) is 11.4 Å². The quantitative estimate of drug-likeness (QED) is 0.342. The van der Waals surface area contributed by atoms with Gasteiger partial charge in [0.05, 0.1) is 0 Å². The lowest BCUT2D eigenvalue weighted by molar-refractivity contribution is -0.254. The molecule has 0 fully saturated rings. The summed E-state index contributed by atoms with van der Waals surface area (Å²) in [5.41, 5.74) is 0. The van der Waals surface area contributed by atoms with Gasteiger partial charge >= 0.3 is 24.0 Å². The van der Waals surface area contributed by atoms with Crippen molar-refractivity contribution in [3.8, 4) is 0 Å². The summed E-state index contributed by atoms with van der Waals surface area (Å²) in [5, 5.41) is 0. The topological polar surface area (TPSA) is 52.6 Å². The van der Waals surface area contributed by atoms with Crippen molar-refractivity contribution < 1.29 is 45.4 Å². The van der Waals surface area contributed by atoms with E-state index in [1.165, 1.54) is 0 Å². The first-order valence-corrected chi connectivity index (χ1v) is 6.91. The summed E-state index contributed by atoms with van der Waals surface area (Å²) >= 11 is 10.6. The van der Waals surface area contributed by atoms with E-state index in [9.17, 15) is 35.9 Å². The molecule has 0 saturated heterocycles. The zero-order chi connectivity index (χ0) is 18.3. The number of hydrogen-bond acceptors (Lipinski definition) is 4. The molecule has 0 rings (SSSR count). The molecule has 0 amide bonds. The third kappa shape index (κ3) is 9.75. The highest BCUT2D eigenvalue weighted by molar-refractivity contribution is 6.44. The van der Waals surface area contributed by atoms with E-state index in [-0.39, 0.29) is 19.4 Å². The lowest BCUT2D eigenvalue weighted by Crippen LogP contribution is -2.45. The minimum atomic E-state index is -5.78. The van der Waals surface area contributed by atoms with Gasteiger partial charge in [0, 0.05) is 12.8 Å². The first-order chi connectivity index (χ1) is 10.4. The van der Waals surface area contributed by atoms with Crippen LogP contribution in [-0.2, 0) is 19.1 Å². The van der Waals surface area contributed by atoms with Gasteiger partial charge in [-0.15, -0.1) is 23.2 Å². The van der Waals surface area contributed by atoms with Gasteiger partial charge in [0.15, 0.2) is 6.61 Å². The Balaban J connectivity index is 4.06. The fourth-order valence-electron chi connectivity index (χ4n) is 1.17. The number of carbonyl (C=O) groups excluding carboxylic acids is 2. The van der Waals surface area contributed by atoms with Crippen LogP contribution in [-0.4, -0.2) is 48.3 Å². The average Bonchev–Trinajstić information content (AvgIpc) is 2.41. The largest absolute Gasteiger partial charge is 0.463 e. The van der Waals surface area contributed by atoms with Gasteiger partial charge in [-0.3, -0.25) is 9.59 Å². The summed E-state index contributed by atoms with van der Waals surface area (Å²) in [6, 6.07) is 0. The van der Waals surface area contributed by atoms with Crippen LogP contribution < -0.4 is 0 Å². The van der Waals surface area contributed by atoms with Crippen LogP contribution in [0.5, 0.6) is 0 Å². The van der Waals surface area contributed by atoms with E-state index >= 15 is 0 Å². The molecule has 0 bridgehead atoms. The Morgan fingerprint density at radius 2 is 1.43 bits per heavy atom. The van der Waals surface area contributed by atoms with Crippen LogP contribution in [0, 0.1) is 0 Å². The van der Waals surface area contributed by atoms with Crippen LogP contribution in [0.3, 0.4) is 0 Å². The molecule has 0 aromatic carbocycles. The standard InChI is InChI=1S/C11H12Cl2F6O4/c12-6(13)4-22-7(20)2-1-3-8(21)23-5-10(15,16)9(14)11(17,18)19/h6,9H,1-5H2. The Hall–Kier alpha value is -0.900. The van der Waals surface area contributed by atoms with Crippen LogP contribution in [0.15, 0.2) is 0 Å². The third-order valence-corrected chi connectivity index (χ3v) is 2.47. The maximum Gasteiger partial charge on any atom is 0.425 e. The van der Waals surface area contributed by atoms with Crippen molar-refractivity contribution in [3.63, 3.8) is 0 Å². The number of esters is 2. The Morgan fingerprint density at radius 3 is 1.87 bits per heavy atom. The van der Waals surface area contributed by atoms with Crippen LogP contribution in [0.4, 0.5) is 26.3 Å². The summed E-state index contributed by atoms with van der Waals surface area (Å²) in [4.78, 5) is 21.2. The molecule has 0 aliphatic carbocycles. The van der Waals surface area contributed by atoms with E-state index in [0.717, 1.165) is 0 Å². The first-order valence-electron chi connectivity index (χ1n) is 6.04. The van der Waals surface area contributed by atoms with E-state index in [1.54, 1.807) is 0 Å². The zero-order valence-electron chi connectivity index (χ0n) is 11.3. The Morgan fingerprint density at radius 1 is 0.957 bits per heavy atom. The van der Waals surface area contributed by atoms with Crippen LogP contribution in [0.2, 0.25) is 0 Å². The molecule has 0 radical (unpaired) electrons. The maximum absolute atomic E-state index is 12.8. The van der Waals surface area contributed by atoms with Gasteiger partial charge < -0.3 is 9.47 Å². The molecule has 0 aromatic rings. The summed E-state index contributed by atoms with van der Waals surface area (Å²) in [6.45, 7) is -2.34. The van der Waals surface area contributed by atoms with E-state index in [1.807, 2.05) is 0 Å². The zero-order valence-corrected chi connectivity index (χ0v) is 12.9. The van der Waals surface area contributed by atoms with Gasteiger partial charge in [-0.05, 0) is 6.42 Å². The molecule has 23 heavy (non-hydrogen) atoms. The molecule has 4 nitrogen and oxygen atoms in total. The number of hydrogen-bond donors (Lipinski definition) is 0. The molecular formula is C11H12Cl2F6O4. The average molecular weight is 393 g/mol. The molecule has 136 valence electrons. The van der Waals surface area contributed by atoms with Gasteiger partial charge in [0.25, 0.3) is 6.17 Å². The van der Waals surface area contributed by atoms with Crippen molar-refractivity contribution in [3.05, 3.63) is 0 Å². The highest BCUT2D eigenvalue weighted by Gasteiger charge is 2.57. The molecule has 0 aliphatic heterocycles. The number of ether oxygens (including phenoxy) is 2. The molecule has 12 heteroatoms. The first kappa shape index (κ1) is 22.1. The summed E-state index contributed by atoms with van der Waals surface area (Å²) in [5.74, 6) is -6.97. The van der Waals surface area contributed by atoms with E-state index in [0.29, 0.717) is 0 Å². The van der Waals surface area contributed by atoms with Crippen molar-refractivity contribution >= 4 is 35.1 Å². The summed E-state index contributed by atoms with van der Waals surface area (Å²) < 4.78 is 82.0. The monoisotopic (exact) mass is 392 g/mol. The van der Waals surface area contributed by atoms with E-state index < -0.39 is 48.1 Å². The van der Waals surface area contributed by atoms with Gasteiger partial charge in [0.2, 0.25) is 0 Å². The number of halogens is 8. The predicted molar refractivity (Wildman–Crippen MR) is 67.2 cm³/mol. The third-order valence-electron chi connectivity index (χ3n) is 2.22. The second-order valence-electron chi connectivity index (χ2n) is 4.25. The van der Waals surface area contributed by atoms with Crippen LogP contribution in [0.1, 0.15) is 19.3 Å². The van der Waals surface area contributed by atoms with E-state index in [2.05, 4.69) is 9.47 Å². The fraction of sp³-hybridized carbons (Fsp3) is 0.818. The molecule has 0 aromatic heterocycles. The molecule has 1 atom stereocenters. The van der Waals surface area contributed by atoms with Crippen LogP contribution >= 0.6 is 23.2 Å². The minimum absolute atomic E-state index is 0.170. The number of rotatable bonds is 9. The van der Waals surface area contributed by atoms with E-state index in [4.69, 9.17) is 23.2 Å². The van der Waals surface area contributed by atoms with Crippen LogP contribution in [0.25, 0.3) is 0 Å². The Labute approximate surface area is 137 Å². The van der Waals surface area contributed by atoms with Crippen molar-refractivity contribution in [2.75, 3.05) is 13.2 Å². The second-order valence-corrected chi connectivity index (χ2v) is 5.53. The van der Waals surface area contributed by atoms with Crippen molar-refractivity contribution in [1.29, 1.82) is 0 Å². The SMILES string of the molecule is O=C(CCCC(=O)OCC(F)(F)C(F)C(F)(F)F)OCC(Cl)Cl. The lowest BCUT2D eigenvalue weighted by atomic mass is 10.2. The van der Waals surface area contributed by atoms with Crippen molar-refractivity contribution in [1.82, 2.24) is 0 Å². The molecule has 0 heterocycles. The van der Waals surface area contributed by atoms with Gasteiger partial charge in [-0.25, -0.2) is 4.39 Å². The Bertz CT molecular complexity index is 402. The highest BCUT2D eigenvalue weighted by Crippen LogP contribution is 2.35. The smallest absolute Gasteiger partial charge is 0.425 e. The number of carbonyl (C=O) groups is 2. The van der Waals surface area contributed by atoms with Gasteiger partial charge in [-0.1, -0.05) is 0 Å². The maximum atomic E-state index is 12.8. The van der Waals surface area contributed by atoms with Gasteiger partial charge in [-0.2, -0.15) is 22.0 Å². The lowest BCUT2D eigenvalue weighted by Gasteiger charge is -2.22. The molecule has 0 spiro atoms. The highest BCUT2D eigenvalue weighted by atomic mass is 35.5. The van der Waals surface area contributed by atoms with Crippen molar-refractivity contribution in [2.45, 2.75) is 42.4 Å². The van der Waals surface area contributed by atoms with Crippen molar-refractivity contribution in [2.24, 2.45) is 0 Å². The summed E-state index contributed by atoms with van der Waals surface area (Å²) in [6.07, 6.45) is -11.2. The molecule has 0 aliphatic rings. The molecule has 0 saturated carbocycles. The minimum Gasteiger partial charge on any atom is -0.463 e. The fourth-order valence-corrected chi connectivity index (χ4v) is 1.29. The molecular weight excluding hydrogens is 381 g/mol. The summed E-state index contributed by atoms with van der Waals surface area (Å²) in [7, 11) is 0. The molecule has 1 unspecified atom stereocenters. The Kier molecular flexibility index (Phi) is 9.04. The number of alkyl halides is 8. The normalized spacial score (nSPS) is 13.8. The predicted octanol–water partition coefficient (Wildman–Crippen LogP) is 3.58. The second kappa shape index (κ2) is 9.41. The molecule has 0 N–H and O–H groups in total.